The minimum absolute atomic E-state index is 0.0570. The first-order valence-electron chi connectivity index (χ1n) is 11.4. The van der Waals surface area contributed by atoms with Crippen LogP contribution in [0.2, 0.25) is 0 Å². The average molecular weight is 473 g/mol. The van der Waals surface area contributed by atoms with Crippen molar-refractivity contribution in [3.05, 3.63) is 39.8 Å². The van der Waals surface area contributed by atoms with E-state index >= 15 is 0 Å². The molecule has 2 amide bonds. The number of nitrogens with one attached hydrogen (secondary N) is 3. The van der Waals surface area contributed by atoms with Crippen molar-refractivity contribution in [1.29, 1.82) is 0 Å². The molecule has 0 saturated heterocycles. The van der Waals surface area contributed by atoms with Gasteiger partial charge < -0.3 is 25.5 Å². The van der Waals surface area contributed by atoms with Crippen LogP contribution in [0.1, 0.15) is 51.8 Å². The molecule has 1 unspecified atom stereocenters. The largest absolute Gasteiger partial charge is 0.493 e. The zero-order valence-corrected chi connectivity index (χ0v) is 20.0. The highest BCUT2D eigenvalue weighted by Crippen LogP contribution is 2.31. The van der Waals surface area contributed by atoms with E-state index in [2.05, 4.69) is 20.6 Å². The molecule has 184 valence electrons. The van der Waals surface area contributed by atoms with Crippen LogP contribution in [0.25, 0.3) is 11.4 Å². The fourth-order valence-electron chi connectivity index (χ4n) is 3.45. The fourth-order valence-corrected chi connectivity index (χ4v) is 3.45. The van der Waals surface area contributed by atoms with Crippen molar-refractivity contribution >= 4 is 23.5 Å². The van der Waals surface area contributed by atoms with E-state index in [0.717, 1.165) is 6.42 Å². The van der Waals surface area contributed by atoms with E-state index in [1.54, 1.807) is 18.2 Å². The molecule has 2 aromatic rings. The molecule has 0 radical (unpaired) electrons. The smallest absolute Gasteiger partial charge is 0.316 e. The van der Waals surface area contributed by atoms with Crippen molar-refractivity contribution in [2.75, 3.05) is 18.5 Å². The molecule has 0 spiro atoms. The third kappa shape index (κ3) is 6.90. The minimum atomic E-state index is -1.35. The first-order valence-corrected chi connectivity index (χ1v) is 11.4. The highest BCUT2D eigenvalue weighted by atomic mass is 16.5. The molecule has 0 saturated carbocycles. The number of aryl methyl sites for hydroxylation is 1. The van der Waals surface area contributed by atoms with Crippen molar-refractivity contribution in [2.45, 2.75) is 53.4 Å². The van der Waals surface area contributed by atoms with Gasteiger partial charge in [0.1, 0.15) is 17.5 Å². The molecule has 0 fully saturated rings. The Balaban J connectivity index is 2.41. The summed E-state index contributed by atoms with van der Waals surface area (Å²) in [6.45, 7) is 7.59. The molecule has 0 aliphatic carbocycles. The number of aromatic amines is 1. The van der Waals surface area contributed by atoms with Gasteiger partial charge in [-0.05, 0) is 43.9 Å². The van der Waals surface area contributed by atoms with Crippen molar-refractivity contribution in [2.24, 2.45) is 5.92 Å². The quantitative estimate of drug-likeness (QED) is 0.347. The first kappa shape index (κ1) is 26.6. The SMILES string of the molecule is CCCOc1ccc(NC(=O)C(CCNC(C)=O)C(=O)O)cc1-c1nc(CC)c(CC)c(=O)[nH]1. The number of aromatic nitrogens is 2. The van der Waals surface area contributed by atoms with Crippen LogP contribution in [0, 0.1) is 5.92 Å². The highest BCUT2D eigenvalue weighted by Gasteiger charge is 2.26. The van der Waals surface area contributed by atoms with Crippen LogP contribution in [-0.2, 0) is 27.2 Å². The van der Waals surface area contributed by atoms with Gasteiger partial charge in [0.05, 0.1) is 17.9 Å². The molecule has 1 aromatic carbocycles. The number of nitrogens with zero attached hydrogens (tertiary/aromatic N) is 1. The van der Waals surface area contributed by atoms with E-state index in [-0.39, 0.29) is 24.4 Å². The van der Waals surface area contributed by atoms with Gasteiger partial charge in [-0.3, -0.25) is 19.2 Å². The summed E-state index contributed by atoms with van der Waals surface area (Å²) in [5.41, 5.74) is 1.88. The Morgan fingerprint density at radius 1 is 1.18 bits per heavy atom. The second-order valence-corrected chi connectivity index (χ2v) is 7.76. The molecule has 10 nitrogen and oxygen atoms in total. The van der Waals surface area contributed by atoms with E-state index in [4.69, 9.17) is 4.74 Å². The van der Waals surface area contributed by atoms with Crippen molar-refractivity contribution in [3.63, 3.8) is 0 Å². The number of amides is 2. The zero-order valence-electron chi connectivity index (χ0n) is 20.0. The number of carbonyl (C=O) groups is 3. The van der Waals surface area contributed by atoms with E-state index in [9.17, 15) is 24.3 Å². The third-order valence-corrected chi connectivity index (χ3v) is 5.18. The van der Waals surface area contributed by atoms with E-state index in [1.807, 2.05) is 20.8 Å². The lowest BCUT2D eigenvalue weighted by atomic mass is 10.0. The van der Waals surface area contributed by atoms with Crippen LogP contribution in [-0.4, -0.2) is 46.0 Å². The number of carbonyl (C=O) groups excluding carboxylic acids is 2. The zero-order chi connectivity index (χ0) is 25.3. The predicted octanol–water partition coefficient (Wildman–Crippen LogP) is 2.52. The number of hydrogen-bond acceptors (Lipinski definition) is 6. The maximum Gasteiger partial charge on any atom is 0.316 e. The normalized spacial score (nSPS) is 11.5. The van der Waals surface area contributed by atoms with Crippen molar-refractivity contribution in [3.8, 4) is 17.1 Å². The Labute approximate surface area is 198 Å². The molecule has 1 aromatic heterocycles. The Morgan fingerprint density at radius 2 is 1.91 bits per heavy atom. The summed E-state index contributed by atoms with van der Waals surface area (Å²) >= 11 is 0. The Kier molecular flexibility index (Phi) is 9.78. The number of carboxylic acid groups (broad SMARTS) is 1. The van der Waals surface area contributed by atoms with Crippen molar-refractivity contribution < 1.29 is 24.2 Å². The lowest BCUT2D eigenvalue weighted by molar-refractivity contribution is -0.145. The Morgan fingerprint density at radius 3 is 2.50 bits per heavy atom. The highest BCUT2D eigenvalue weighted by molar-refractivity contribution is 6.04. The number of hydrogen-bond donors (Lipinski definition) is 4. The molecule has 0 bridgehead atoms. The van der Waals surface area contributed by atoms with Gasteiger partial charge in [0.15, 0.2) is 0 Å². The van der Waals surface area contributed by atoms with Crippen LogP contribution in [0.3, 0.4) is 0 Å². The predicted molar refractivity (Wildman–Crippen MR) is 128 cm³/mol. The van der Waals surface area contributed by atoms with E-state index in [0.29, 0.717) is 53.5 Å². The number of aliphatic carboxylic acids is 1. The third-order valence-electron chi connectivity index (χ3n) is 5.18. The van der Waals surface area contributed by atoms with Crippen LogP contribution < -0.4 is 20.9 Å². The van der Waals surface area contributed by atoms with Crippen LogP contribution in [0.5, 0.6) is 5.75 Å². The second kappa shape index (κ2) is 12.5. The van der Waals surface area contributed by atoms with Gasteiger partial charge in [0.2, 0.25) is 11.8 Å². The molecule has 10 heteroatoms. The fraction of sp³-hybridized carbons (Fsp3) is 0.458. The van der Waals surface area contributed by atoms with Gasteiger partial charge in [-0.15, -0.1) is 0 Å². The average Bonchev–Trinajstić information content (AvgIpc) is 2.79. The Bertz CT molecular complexity index is 1100. The lowest BCUT2D eigenvalue weighted by Crippen LogP contribution is -2.33. The molecule has 0 aliphatic heterocycles. The van der Waals surface area contributed by atoms with E-state index in [1.165, 1.54) is 6.92 Å². The maximum absolute atomic E-state index is 12.7. The lowest BCUT2D eigenvalue weighted by Gasteiger charge is -2.16. The van der Waals surface area contributed by atoms with E-state index < -0.39 is 17.8 Å². The summed E-state index contributed by atoms with van der Waals surface area (Å²) in [6, 6.07) is 4.84. The number of anilines is 1. The summed E-state index contributed by atoms with van der Waals surface area (Å²) in [4.78, 5) is 55.3. The van der Waals surface area contributed by atoms with Gasteiger partial charge in [-0.2, -0.15) is 0 Å². The molecule has 1 heterocycles. The number of ether oxygens (including phenoxy) is 1. The van der Waals surface area contributed by atoms with Gasteiger partial charge in [-0.1, -0.05) is 20.8 Å². The van der Waals surface area contributed by atoms with Gasteiger partial charge >= 0.3 is 5.97 Å². The summed E-state index contributed by atoms with van der Waals surface area (Å²) in [7, 11) is 0. The summed E-state index contributed by atoms with van der Waals surface area (Å²) in [5.74, 6) is -2.88. The second-order valence-electron chi connectivity index (χ2n) is 7.76. The number of carboxylic acids is 1. The molecule has 34 heavy (non-hydrogen) atoms. The topological polar surface area (TPSA) is 150 Å². The van der Waals surface area contributed by atoms with Gasteiger partial charge in [0, 0.05) is 24.7 Å². The summed E-state index contributed by atoms with van der Waals surface area (Å²) < 4.78 is 5.82. The molecule has 1 atom stereocenters. The van der Waals surface area contributed by atoms with Gasteiger partial charge in [-0.25, -0.2) is 4.98 Å². The summed E-state index contributed by atoms with van der Waals surface area (Å²) in [5, 5.41) is 14.6. The molecule has 2 rings (SSSR count). The number of benzene rings is 1. The standard InChI is InChI=1S/C24H32N4O6/c1-5-12-34-20-9-8-15(26-23(31)17(24(32)33)10-11-25-14(4)29)13-18(20)21-27-19(7-3)16(6-2)22(30)28-21/h8-9,13,17H,5-7,10-12H2,1-4H3,(H,25,29)(H,26,31)(H,32,33)(H,27,28,30). The molecule has 4 N–H and O–H groups in total. The van der Waals surface area contributed by atoms with Crippen LogP contribution in [0.15, 0.2) is 23.0 Å². The maximum atomic E-state index is 12.7. The number of rotatable bonds is 12. The summed E-state index contributed by atoms with van der Waals surface area (Å²) in [6.07, 6.45) is 1.84. The molecular formula is C24H32N4O6. The van der Waals surface area contributed by atoms with Crippen LogP contribution in [0.4, 0.5) is 5.69 Å². The molecular weight excluding hydrogens is 440 g/mol. The number of H-pyrrole nitrogens is 1. The monoisotopic (exact) mass is 472 g/mol. The van der Waals surface area contributed by atoms with Crippen LogP contribution >= 0.6 is 0 Å². The first-order chi connectivity index (χ1) is 16.2. The molecule has 0 aliphatic rings. The minimum Gasteiger partial charge on any atom is -0.493 e. The van der Waals surface area contributed by atoms with Crippen molar-refractivity contribution in [1.82, 2.24) is 15.3 Å². The Hall–Kier alpha value is -3.69. The van der Waals surface area contributed by atoms with Gasteiger partial charge in [0.25, 0.3) is 5.56 Å².